The second-order valence-electron chi connectivity index (χ2n) is 8.83. The standard InChI is InChI=1S/C27H29N7O4/c1-30-34(2)26(35)22-19(17-7-5-6-8-20(17)32-22)12-16-11-18-14(9-15-13-31-27(29)33-25(15)28)10-21(36-3)24(37-4)23(18)38-16/h5-8,10-11,13,30,32H,9,12H2,1-4H3,(H4,28,29,31,33). The molecular weight excluding hydrogens is 486 g/mol. The van der Waals surface area contributed by atoms with Crippen molar-refractivity contribution in [2.75, 3.05) is 39.8 Å². The minimum absolute atomic E-state index is 0.113. The molecule has 0 spiro atoms. The Morgan fingerprint density at radius 2 is 1.89 bits per heavy atom. The van der Waals surface area contributed by atoms with Crippen LogP contribution < -0.4 is 26.4 Å². The fourth-order valence-electron chi connectivity index (χ4n) is 4.63. The van der Waals surface area contributed by atoms with Crippen LogP contribution in [0.2, 0.25) is 0 Å². The van der Waals surface area contributed by atoms with E-state index in [1.807, 2.05) is 36.4 Å². The number of hydrazine groups is 1. The second kappa shape index (κ2) is 9.94. The summed E-state index contributed by atoms with van der Waals surface area (Å²) in [4.78, 5) is 24.6. The number of furan rings is 1. The maximum absolute atomic E-state index is 13.2. The number of carbonyl (C=O) groups is 1. The molecule has 0 saturated carbocycles. The van der Waals surface area contributed by atoms with Crippen molar-refractivity contribution in [1.82, 2.24) is 25.4 Å². The number of aromatic amines is 1. The molecular formula is C27H29N7O4. The van der Waals surface area contributed by atoms with Gasteiger partial charge in [-0.25, -0.2) is 10.4 Å². The van der Waals surface area contributed by atoms with Crippen molar-refractivity contribution in [3.8, 4) is 11.5 Å². The third-order valence-corrected chi connectivity index (χ3v) is 6.60. The molecule has 2 aromatic carbocycles. The summed E-state index contributed by atoms with van der Waals surface area (Å²) in [5.41, 5.74) is 19.0. The summed E-state index contributed by atoms with van der Waals surface area (Å²) in [6.07, 6.45) is 2.41. The van der Waals surface area contributed by atoms with Crippen LogP contribution in [-0.2, 0) is 12.8 Å². The molecule has 6 N–H and O–H groups in total. The van der Waals surface area contributed by atoms with Gasteiger partial charge in [0.1, 0.15) is 17.3 Å². The highest BCUT2D eigenvalue weighted by Crippen LogP contribution is 2.41. The minimum atomic E-state index is -0.187. The van der Waals surface area contributed by atoms with E-state index in [0.29, 0.717) is 47.2 Å². The molecule has 38 heavy (non-hydrogen) atoms. The average Bonchev–Trinajstić information content (AvgIpc) is 3.51. The Morgan fingerprint density at radius 3 is 2.61 bits per heavy atom. The fraction of sp³-hybridized carbons (Fsp3) is 0.222. The molecule has 0 fully saturated rings. The molecule has 5 aromatic rings. The summed E-state index contributed by atoms with van der Waals surface area (Å²) in [6.45, 7) is 0. The third-order valence-electron chi connectivity index (χ3n) is 6.60. The molecule has 0 radical (unpaired) electrons. The maximum Gasteiger partial charge on any atom is 0.284 e. The molecule has 11 nitrogen and oxygen atoms in total. The van der Waals surface area contributed by atoms with Gasteiger partial charge in [0, 0.05) is 55.0 Å². The van der Waals surface area contributed by atoms with Crippen molar-refractivity contribution >= 4 is 39.5 Å². The van der Waals surface area contributed by atoms with Crippen LogP contribution in [0, 0.1) is 0 Å². The molecule has 0 aliphatic rings. The summed E-state index contributed by atoms with van der Waals surface area (Å²) in [7, 11) is 6.50. The number of nitrogens with two attached hydrogens (primary N) is 2. The first-order valence-electron chi connectivity index (χ1n) is 11.9. The monoisotopic (exact) mass is 515 g/mol. The first-order chi connectivity index (χ1) is 18.3. The maximum atomic E-state index is 13.2. The molecule has 11 heteroatoms. The van der Waals surface area contributed by atoms with Gasteiger partial charge in [0.2, 0.25) is 11.7 Å². The molecule has 0 saturated heterocycles. The van der Waals surface area contributed by atoms with Crippen molar-refractivity contribution in [2.24, 2.45) is 0 Å². The molecule has 5 rings (SSSR count). The number of nitrogens with zero attached hydrogens (tertiary/aromatic N) is 3. The molecule has 0 aliphatic carbocycles. The number of benzene rings is 2. The number of H-pyrrole nitrogens is 1. The zero-order valence-electron chi connectivity index (χ0n) is 21.6. The largest absolute Gasteiger partial charge is 0.493 e. The normalized spacial score (nSPS) is 11.3. The predicted molar refractivity (Wildman–Crippen MR) is 145 cm³/mol. The molecule has 0 aliphatic heterocycles. The van der Waals surface area contributed by atoms with Gasteiger partial charge in [0.05, 0.1) is 14.2 Å². The first-order valence-corrected chi connectivity index (χ1v) is 11.9. The van der Waals surface area contributed by atoms with E-state index < -0.39 is 0 Å². The molecule has 1 amide bonds. The van der Waals surface area contributed by atoms with Gasteiger partial charge in [-0.3, -0.25) is 9.80 Å². The number of ether oxygens (including phenoxy) is 2. The summed E-state index contributed by atoms with van der Waals surface area (Å²) in [6, 6.07) is 11.6. The lowest BCUT2D eigenvalue weighted by Crippen LogP contribution is -2.37. The quantitative estimate of drug-likeness (QED) is 0.228. The zero-order valence-corrected chi connectivity index (χ0v) is 21.6. The van der Waals surface area contributed by atoms with Crippen molar-refractivity contribution < 1.29 is 18.7 Å². The summed E-state index contributed by atoms with van der Waals surface area (Å²) in [5.74, 6) is 1.88. The molecule has 0 unspecified atom stereocenters. The van der Waals surface area contributed by atoms with Crippen LogP contribution in [0.25, 0.3) is 21.9 Å². The highest BCUT2D eigenvalue weighted by molar-refractivity contribution is 6.01. The number of methoxy groups -OCH3 is 2. The van der Waals surface area contributed by atoms with Crippen molar-refractivity contribution in [3.05, 3.63) is 70.7 Å². The highest BCUT2D eigenvalue weighted by atomic mass is 16.5. The van der Waals surface area contributed by atoms with Crippen LogP contribution in [0.5, 0.6) is 11.5 Å². The molecule has 3 aromatic heterocycles. The van der Waals surface area contributed by atoms with E-state index in [0.717, 1.165) is 33.0 Å². The Labute approximate surface area is 218 Å². The number of fused-ring (bicyclic) bond motifs is 2. The van der Waals surface area contributed by atoms with Gasteiger partial charge >= 0.3 is 0 Å². The number of rotatable bonds is 8. The summed E-state index contributed by atoms with van der Waals surface area (Å²) >= 11 is 0. The SMILES string of the molecule is CNN(C)C(=O)c1[nH]c2ccccc2c1Cc1cc2c(Cc3cnc(N)nc3N)cc(OC)c(OC)c2o1. The molecule has 196 valence electrons. The number of amides is 1. The summed E-state index contributed by atoms with van der Waals surface area (Å²) < 4.78 is 17.6. The van der Waals surface area contributed by atoms with Crippen LogP contribution in [0.4, 0.5) is 11.8 Å². The molecule has 0 bridgehead atoms. The van der Waals surface area contributed by atoms with Gasteiger partial charge in [0.25, 0.3) is 5.91 Å². The lowest BCUT2D eigenvalue weighted by molar-refractivity contribution is 0.0729. The van der Waals surface area contributed by atoms with Gasteiger partial charge in [-0.1, -0.05) is 18.2 Å². The number of para-hydroxylation sites is 1. The Kier molecular flexibility index (Phi) is 6.52. The van der Waals surface area contributed by atoms with Gasteiger partial charge in [-0.05, 0) is 29.3 Å². The van der Waals surface area contributed by atoms with E-state index in [1.165, 1.54) is 5.01 Å². The van der Waals surface area contributed by atoms with Gasteiger partial charge in [-0.2, -0.15) is 4.98 Å². The Morgan fingerprint density at radius 1 is 1.11 bits per heavy atom. The van der Waals surface area contributed by atoms with Crippen LogP contribution in [-0.4, -0.2) is 54.2 Å². The Bertz CT molecular complexity index is 1660. The highest BCUT2D eigenvalue weighted by Gasteiger charge is 2.24. The fourth-order valence-corrected chi connectivity index (χ4v) is 4.63. The Hall–Kier alpha value is -4.77. The van der Waals surface area contributed by atoms with Gasteiger partial charge in [-0.15, -0.1) is 0 Å². The van der Waals surface area contributed by atoms with E-state index >= 15 is 0 Å². The number of hydrogen-bond donors (Lipinski definition) is 4. The van der Waals surface area contributed by atoms with Crippen molar-refractivity contribution in [2.45, 2.75) is 12.8 Å². The number of aromatic nitrogens is 3. The van der Waals surface area contributed by atoms with E-state index in [9.17, 15) is 4.79 Å². The predicted octanol–water partition coefficient (Wildman–Crippen LogP) is 3.27. The van der Waals surface area contributed by atoms with Crippen LogP contribution in [0.15, 0.2) is 47.0 Å². The van der Waals surface area contributed by atoms with Crippen molar-refractivity contribution in [1.29, 1.82) is 0 Å². The van der Waals surface area contributed by atoms with Crippen molar-refractivity contribution in [3.63, 3.8) is 0 Å². The first kappa shape index (κ1) is 24.9. The lowest BCUT2D eigenvalue weighted by atomic mass is 10.0. The number of nitrogen functional groups attached to an aromatic ring is 2. The van der Waals surface area contributed by atoms with E-state index in [1.54, 1.807) is 34.5 Å². The van der Waals surface area contributed by atoms with Gasteiger partial charge in [0.15, 0.2) is 11.3 Å². The van der Waals surface area contributed by atoms with E-state index in [4.69, 9.17) is 25.4 Å². The van der Waals surface area contributed by atoms with Crippen LogP contribution >= 0.6 is 0 Å². The molecule has 0 atom stereocenters. The number of hydrogen-bond acceptors (Lipinski definition) is 9. The second-order valence-corrected chi connectivity index (χ2v) is 8.83. The van der Waals surface area contributed by atoms with Crippen LogP contribution in [0.3, 0.4) is 0 Å². The smallest absolute Gasteiger partial charge is 0.284 e. The number of nitrogens with one attached hydrogen (secondary N) is 2. The lowest BCUT2D eigenvalue weighted by Gasteiger charge is -2.15. The summed E-state index contributed by atoms with van der Waals surface area (Å²) in [5, 5.41) is 3.20. The molecule has 3 heterocycles. The van der Waals surface area contributed by atoms with E-state index in [-0.39, 0.29) is 11.9 Å². The third kappa shape index (κ3) is 4.33. The van der Waals surface area contributed by atoms with Gasteiger partial charge < -0.3 is 30.3 Å². The zero-order chi connectivity index (χ0) is 27.0. The van der Waals surface area contributed by atoms with Crippen LogP contribution in [0.1, 0.15) is 32.9 Å². The average molecular weight is 516 g/mol. The topological polar surface area (TPSA) is 158 Å². The number of anilines is 2. The Balaban J connectivity index is 1.64. The minimum Gasteiger partial charge on any atom is -0.493 e. The number of carbonyl (C=O) groups excluding carboxylic acids is 1. The van der Waals surface area contributed by atoms with E-state index in [2.05, 4.69) is 20.4 Å².